The highest BCUT2D eigenvalue weighted by atomic mass is 16.1. The van der Waals surface area contributed by atoms with E-state index in [9.17, 15) is 4.79 Å². The quantitative estimate of drug-likeness (QED) is 0.823. The van der Waals surface area contributed by atoms with Gasteiger partial charge in [0, 0.05) is 18.5 Å². The van der Waals surface area contributed by atoms with Crippen molar-refractivity contribution in [1.82, 2.24) is 5.32 Å². The van der Waals surface area contributed by atoms with Crippen LogP contribution in [-0.4, -0.2) is 18.5 Å². The van der Waals surface area contributed by atoms with Crippen molar-refractivity contribution in [3.63, 3.8) is 0 Å². The highest BCUT2D eigenvalue weighted by molar-refractivity contribution is 5.79. The topological polar surface area (TPSA) is 55.1 Å². The van der Waals surface area contributed by atoms with Crippen molar-refractivity contribution < 1.29 is 4.79 Å². The molecule has 0 aromatic carbocycles. The summed E-state index contributed by atoms with van der Waals surface area (Å²) in [5.41, 5.74) is 6.44. The normalized spacial score (nSPS) is 24.8. The van der Waals surface area contributed by atoms with Crippen molar-refractivity contribution in [2.24, 2.45) is 22.5 Å². The van der Waals surface area contributed by atoms with Gasteiger partial charge in [0.1, 0.15) is 0 Å². The van der Waals surface area contributed by atoms with Crippen LogP contribution in [0.15, 0.2) is 0 Å². The van der Waals surface area contributed by atoms with Crippen LogP contribution >= 0.6 is 0 Å². The lowest BCUT2D eigenvalue weighted by atomic mass is 9.68. The van der Waals surface area contributed by atoms with E-state index in [1.54, 1.807) is 0 Å². The van der Waals surface area contributed by atoms with Gasteiger partial charge >= 0.3 is 0 Å². The van der Waals surface area contributed by atoms with Gasteiger partial charge in [-0.3, -0.25) is 4.79 Å². The van der Waals surface area contributed by atoms with Gasteiger partial charge in [-0.2, -0.15) is 0 Å². The molecule has 3 heteroatoms. The van der Waals surface area contributed by atoms with E-state index in [0.717, 1.165) is 19.3 Å². The molecule has 1 amide bonds. The molecule has 1 aliphatic rings. The molecule has 1 rings (SSSR count). The molecule has 3 nitrogen and oxygen atoms in total. The summed E-state index contributed by atoms with van der Waals surface area (Å²) in [4.78, 5) is 12.3. The second-order valence-corrected chi connectivity index (χ2v) is 8.06. The first-order chi connectivity index (χ1) is 8.62. The number of rotatable bonds is 4. The van der Waals surface area contributed by atoms with Crippen molar-refractivity contribution in [3.8, 4) is 0 Å². The molecule has 0 saturated heterocycles. The average Bonchev–Trinajstić information content (AvgIpc) is 2.23. The number of hydrogen-bond donors (Lipinski definition) is 2. The van der Waals surface area contributed by atoms with Gasteiger partial charge in [-0.1, -0.05) is 47.5 Å². The summed E-state index contributed by atoms with van der Waals surface area (Å²) >= 11 is 0. The molecule has 0 radical (unpaired) electrons. The van der Waals surface area contributed by atoms with E-state index in [4.69, 9.17) is 5.73 Å². The van der Waals surface area contributed by atoms with Crippen molar-refractivity contribution in [2.45, 2.75) is 72.8 Å². The molecule has 0 aromatic rings. The molecule has 3 N–H and O–H groups in total. The summed E-state index contributed by atoms with van der Waals surface area (Å²) in [6.07, 6.45) is 5.53. The number of nitrogens with two attached hydrogens (primary N) is 1. The van der Waals surface area contributed by atoms with Crippen molar-refractivity contribution in [2.75, 3.05) is 6.54 Å². The predicted octanol–water partition coefficient (Wildman–Crippen LogP) is 3.08. The molecule has 0 aliphatic heterocycles. The Morgan fingerprint density at radius 2 is 2.00 bits per heavy atom. The molecule has 0 bridgehead atoms. The van der Waals surface area contributed by atoms with Crippen LogP contribution in [-0.2, 0) is 4.79 Å². The zero-order valence-electron chi connectivity index (χ0n) is 13.4. The maximum absolute atomic E-state index is 12.3. The summed E-state index contributed by atoms with van der Waals surface area (Å²) in [6, 6.07) is 0.0515. The van der Waals surface area contributed by atoms with Crippen LogP contribution in [0.4, 0.5) is 0 Å². The van der Waals surface area contributed by atoms with Crippen molar-refractivity contribution >= 4 is 5.91 Å². The lowest BCUT2D eigenvalue weighted by Gasteiger charge is -2.37. The minimum absolute atomic E-state index is 0.0515. The Bertz CT molecular complexity index is 304. The molecule has 112 valence electrons. The van der Waals surface area contributed by atoms with Crippen LogP contribution in [0, 0.1) is 16.7 Å². The Hall–Kier alpha value is -0.570. The lowest BCUT2D eigenvalue weighted by molar-refractivity contribution is -0.130. The van der Waals surface area contributed by atoms with E-state index < -0.39 is 0 Å². The first kappa shape index (κ1) is 16.5. The van der Waals surface area contributed by atoms with E-state index in [-0.39, 0.29) is 28.7 Å². The highest BCUT2D eigenvalue weighted by Crippen LogP contribution is 2.40. The third kappa shape index (κ3) is 5.52. The summed E-state index contributed by atoms with van der Waals surface area (Å²) in [5, 5.41) is 3.07. The minimum atomic E-state index is 0.0515. The summed E-state index contributed by atoms with van der Waals surface area (Å²) < 4.78 is 0. The number of nitrogens with one attached hydrogen (secondary N) is 1. The van der Waals surface area contributed by atoms with Gasteiger partial charge in [0.05, 0.1) is 0 Å². The monoisotopic (exact) mass is 268 g/mol. The Kier molecular flexibility index (Phi) is 5.43. The van der Waals surface area contributed by atoms with Crippen molar-refractivity contribution in [3.05, 3.63) is 0 Å². The summed E-state index contributed by atoms with van der Waals surface area (Å²) in [7, 11) is 0. The molecular formula is C16H32N2O. The smallest absolute Gasteiger partial charge is 0.223 e. The van der Waals surface area contributed by atoms with Gasteiger partial charge in [-0.25, -0.2) is 0 Å². The van der Waals surface area contributed by atoms with Gasteiger partial charge in [-0.05, 0) is 30.1 Å². The maximum Gasteiger partial charge on any atom is 0.223 e. The Labute approximate surface area is 118 Å². The fourth-order valence-electron chi connectivity index (χ4n) is 3.19. The SMILES string of the molecule is CC(C)(C)CC(N)CNC(=O)C1CCCCC1(C)C. The molecule has 2 unspecified atom stereocenters. The van der Waals surface area contributed by atoms with Crippen molar-refractivity contribution in [1.29, 1.82) is 0 Å². The first-order valence-electron chi connectivity index (χ1n) is 7.65. The lowest BCUT2D eigenvalue weighted by Crippen LogP contribution is -2.45. The fourth-order valence-corrected chi connectivity index (χ4v) is 3.19. The fraction of sp³-hybridized carbons (Fsp3) is 0.938. The maximum atomic E-state index is 12.3. The van der Waals surface area contributed by atoms with E-state index in [1.165, 1.54) is 12.8 Å². The third-order valence-corrected chi connectivity index (χ3v) is 4.24. The van der Waals surface area contributed by atoms with E-state index >= 15 is 0 Å². The first-order valence-corrected chi connectivity index (χ1v) is 7.65. The summed E-state index contributed by atoms with van der Waals surface area (Å²) in [5.74, 6) is 0.358. The number of hydrogen-bond acceptors (Lipinski definition) is 2. The Balaban J connectivity index is 2.42. The minimum Gasteiger partial charge on any atom is -0.354 e. The second kappa shape index (κ2) is 6.25. The van der Waals surface area contributed by atoms with Gasteiger partial charge in [0.2, 0.25) is 5.91 Å². The Morgan fingerprint density at radius 3 is 2.53 bits per heavy atom. The molecule has 1 aliphatic carbocycles. The zero-order chi connectivity index (χ0) is 14.7. The predicted molar refractivity (Wildman–Crippen MR) is 80.8 cm³/mol. The van der Waals surface area contributed by atoms with Crippen LogP contribution < -0.4 is 11.1 Å². The number of carbonyl (C=O) groups is 1. The van der Waals surface area contributed by atoms with E-state index in [0.29, 0.717) is 6.54 Å². The largest absolute Gasteiger partial charge is 0.354 e. The average molecular weight is 268 g/mol. The Morgan fingerprint density at radius 1 is 1.37 bits per heavy atom. The third-order valence-electron chi connectivity index (χ3n) is 4.24. The van der Waals surface area contributed by atoms with Gasteiger partial charge < -0.3 is 11.1 Å². The second-order valence-electron chi connectivity index (χ2n) is 8.06. The van der Waals surface area contributed by atoms with Crippen LogP contribution in [0.3, 0.4) is 0 Å². The molecule has 0 spiro atoms. The molecule has 19 heavy (non-hydrogen) atoms. The molecule has 1 saturated carbocycles. The molecule has 2 atom stereocenters. The molecule has 0 aromatic heterocycles. The molecular weight excluding hydrogens is 236 g/mol. The van der Waals surface area contributed by atoms with E-state index in [2.05, 4.69) is 39.9 Å². The van der Waals surface area contributed by atoms with E-state index in [1.807, 2.05) is 0 Å². The highest BCUT2D eigenvalue weighted by Gasteiger charge is 2.37. The molecule has 1 fully saturated rings. The van der Waals surface area contributed by atoms with Crippen LogP contribution in [0.5, 0.6) is 0 Å². The van der Waals surface area contributed by atoms with Crippen LogP contribution in [0.1, 0.15) is 66.7 Å². The van der Waals surface area contributed by atoms with Crippen LogP contribution in [0.2, 0.25) is 0 Å². The standard InChI is InChI=1S/C16H32N2O/c1-15(2,3)10-12(17)11-18-14(19)13-8-6-7-9-16(13,4)5/h12-13H,6-11,17H2,1-5H3,(H,18,19). The number of carbonyl (C=O) groups excluding carboxylic acids is 1. The zero-order valence-corrected chi connectivity index (χ0v) is 13.4. The van der Waals surface area contributed by atoms with Crippen LogP contribution in [0.25, 0.3) is 0 Å². The number of amides is 1. The summed E-state index contributed by atoms with van der Waals surface area (Å²) in [6.45, 7) is 11.6. The molecule has 0 heterocycles. The van der Waals surface area contributed by atoms with Gasteiger partial charge in [0.15, 0.2) is 0 Å². The van der Waals surface area contributed by atoms with Gasteiger partial charge in [0.25, 0.3) is 0 Å². The van der Waals surface area contributed by atoms with Gasteiger partial charge in [-0.15, -0.1) is 0 Å².